The molecule has 0 fully saturated rings. The first-order valence-electron chi connectivity index (χ1n) is 8.21. The van der Waals surface area contributed by atoms with Gasteiger partial charge in [-0.1, -0.05) is 69.1 Å². The summed E-state index contributed by atoms with van der Waals surface area (Å²) in [5.41, 5.74) is 0. The molecule has 0 aliphatic carbocycles. The lowest BCUT2D eigenvalue weighted by molar-refractivity contribution is -0.267. The Labute approximate surface area is 134 Å². The van der Waals surface area contributed by atoms with Crippen LogP contribution >= 0.6 is 0 Å². The number of unbranched alkanes of at least 4 members (excludes halogenated alkanes) is 4. The van der Waals surface area contributed by atoms with E-state index in [9.17, 15) is 4.79 Å². The van der Waals surface area contributed by atoms with E-state index in [0.29, 0.717) is 0 Å². The van der Waals surface area contributed by atoms with Crippen LogP contribution in [0, 0.1) is 0 Å². The molecule has 0 amide bonds. The second kappa shape index (κ2) is 16.0. The number of hydrogen-bond acceptors (Lipinski definition) is 3. The summed E-state index contributed by atoms with van der Waals surface area (Å²) in [5.74, 6) is -0.725. The Morgan fingerprint density at radius 3 is 2.45 bits per heavy atom. The van der Waals surface area contributed by atoms with Crippen LogP contribution in [0.3, 0.4) is 0 Å². The van der Waals surface area contributed by atoms with Gasteiger partial charge in [0, 0.05) is 6.42 Å². The van der Waals surface area contributed by atoms with E-state index in [2.05, 4.69) is 30.0 Å². The number of hydrogen-bond donors (Lipinski definition) is 2. The lowest BCUT2D eigenvalue weighted by Crippen LogP contribution is -2.06. The minimum absolute atomic E-state index is 0.255. The molecule has 0 spiro atoms. The molecular weight excluding hydrogens is 280 g/mol. The topological polar surface area (TPSA) is 66.8 Å². The first kappa shape index (κ1) is 20.6. The fourth-order valence-electron chi connectivity index (χ4n) is 2.02. The van der Waals surface area contributed by atoms with E-state index in [0.717, 1.165) is 51.4 Å². The van der Waals surface area contributed by atoms with Gasteiger partial charge >= 0.3 is 5.97 Å². The minimum Gasteiger partial charge on any atom is -0.481 e. The number of carbonyl (C=O) groups is 1. The lowest BCUT2D eigenvalue weighted by Gasteiger charge is -2.08. The largest absolute Gasteiger partial charge is 0.481 e. The van der Waals surface area contributed by atoms with Crippen LogP contribution in [0.5, 0.6) is 0 Å². The quantitative estimate of drug-likeness (QED) is 0.153. The molecule has 0 aliphatic heterocycles. The molecule has 4 heteroatoms. The van der Waals surface area contributed by atoms with Crippen molar-refractivity contribution in [2.45, 2.75) is 70.8 Å². The summed E-state index contributed by atoms with van der Waals surface area (Å²) < 4.78 is 0. The normalized spacial score (nSPS) is 13.5. The zero-order chi connectivity index (χ0) is 16.5. The highest BCUT2D eigenvalue weighted by Gasteiger charge is 2.03. The number of rotatable bonds is 14. The van der Waals surface area contributed by atoms with Gasteiger partial charge in [0.1, 0.15) is 6.10 Å². The van der Waals surface area contributed by atoms with Crippen molar-refractivity contribution < 1.29 is 20.0 Å². The van der Waals surface area contributed by atoms with Crippen molar-refractivity contribution >= 4 is 5.97 Å². The monoisotopic (exact) mass is 310 g/mol. The summed E-state index contributed by atoms with van der Waals surface area (Å²) in [4.78, 5) is 14.8. The smallest absolute Gasteiger partial charge is 0.303 e. The summed E-state index contributed by atoms with van der Waals surface area (Å²) >= 11 is 0. The summed E-state index contributed by atoms with van der Waals surface area (Å²) in [7, 11) is 0. The van der Waals surface area contributed by atoms with Crippen LogP contribution in [-0.2, 0) is 9.68 Å². The highest BCUT2D eigenvalue weighted by atomic mass is 17.1. The Kier molecular flexibility index (Phi) is 15.0. The molecule has 0 rings (SSSR count). The van der Waals surface area contributed by atoms with Crippen molar-refractivity contribution in [3.05, 3.63) is 36.5 Å². The van der Waals surface area contributed by atoms with Crippen LogP contribution in [0.2, 0.25) is 0 Å². The maximum Gasteiger partial charge on any atom is 0.303 e. The molecule has 0 heterocycles. The standard InChI is InChI=1S/C18H30O4/c1-2-3-4-5-6-8-11-14-17(22-21)15-12-9-7-10-13-16-18(19)20/h3-4,6,8,11,14,17,21H,2,5,7,9-10,12-13,15-16H2,1H3,(H,19,20)/b4-3-,8-6-,14-11+/t17-/m1/s1. The second-order valence-corrected chi connectivity index (χ2v) is 5.27. The van der Waals surface area contributed by atoms with Crippen molar-refractivity contribution in [1.82, 2.24) is 0 Å². The number of carboxylic acid groups (broad SMARTS) is 1. The van der Waals surface area contributed by atoms with Crippen LogP contribution < -0.4 is 0 Å². The SMILES string of the molecule is CC/C=C\C/C=C\C=C\[C@H](CCCCCCCC(=O)O)OO. The molecule has 22 heavy (non-hydrogen) atoms. The third kappa shape index (κ3) is 15.0. The summed E-state index contributed by atoms with van der Waals surface area (Å²) in [6, 6.07) is 0. The van der Waals surface area contributed by atoms with Gasteiger partial charge in [0.25, 0.3) is 0 Å². The highest BCUT2D eigenvalue weighted by Crippen LogP contribution is 2.11. The van der Waals surface area contributed by atoms with Gasteiger partial charge in [0.2, 0.25) is 0 Å². The van der Waals surface area contributed by atoms with E-state index < -0.39 is 5.97 Å². The van der Waals surface area contributed by atoms with Crippen LogP contribution in [-0.4, -0.2) is 22.4 Å². The zero-order valence-corrected chi connectivity index (χ0v) is 13.6. The van der Waals surface area contributed by atoms with Crippen LogP contribution in [0.4, 0.5) is 0 Å². The molecule has 0 saturated heterocycles. The number of carboxylic acids is 1. The summed E-state index contributed by atoms with van der Waals surface area (Å²) in [6.07, 6.45) is 19.5. The molecule has 0 aromatic rings. The molecule has 0 bridgehead atoms. The van der Waals surface area contributed by atoms with E-state index >= 15 is 0 Å². The van der Waals surface area contributed by atoms with Crippen molar-refractivity contribution in [2.75, 3.05) is 0 Å². The van der Waals surface area contributed by atoms with Gasteiger partial charge in [-0.25, -0.2) is 4.89 Å². The van der Waals surface area contributed by atoms with E-state index in [1.54, 1.807) is 0 Å². The van der Waals surface area contributed by atoms with Crippen molar-refractivity contribution in [3.8, 4) is 0 Å². The Morgan fingerprint density at radius 1 is 1.05 bits per heavy atom. The van der Waals surface area contributed by atoms with Crippen LogP contribution in [0.15, 0.2) is 36.5 Å². The van der Waals surface area contributed by atoms with Crippen molar-refractivity contribution in [3.63, 3.8) is 0 Å². The highest BCUT2D eigenvalue weighted by molar-refractivity contribution is 5.66. The van der Waals surface area contributed by atoms with Gasteiger partial charge in [-0.05, 0) is 25.7 Å². The fourth-order valence-corrected chi connectivity index (χ4v) is 2.02. The maximum atomic E-state index is 10.4. The van der Waals surface area contributed by atoms with Crippen molar-refractivity contribution in [1.29, 1.82) is 0 Å². The molecule has 0 radical (unpaired) electrons. The van der Waals surface area contributed by atoms with Crippen LogP contribution in [0.25, 0.3) is 0 Å². The molecule has 2 N–H and O–H groups in total. The van der Waals surface area contributed by atoms with Gasteiger partial charge < -0.3 is 5.11 Å². The van der Waals surface area contributed by atoms with E-state index in [-0.39, 0.29) is 12.5 Å². The predicted octanol–water partition coefficient (Wildman–Crippen LogP) is 5.13. The Balaban J connectivity index is 3.65. The van der Waals surface area contributed by atoms with E-state index in [1.807, 2.05) is 18.2 Å². The predicted molar refractivity (Wildman–Crippen MR) is 89.8 cm³/mol. The summed E-state index contributed by atoms with van der Waals surface area (Å²) in [5, 5.41) is 17.4. The minimum atomic E-state index is -0.725. The molecule has 0 aromatic carbocycles. The van der Waals surface area contributed by atoms with Gasteiger partial charge in [-0.3, -0.25) is 10.1 Å². The van der Waals surface area contributed by atoms with Gasteiger partial charge in [-0.2, -0.15) is 0 Å². The summed E-state index contributed by atoms with van der Waals surface area (Å²) in [6.45, 7) is 2.11. The molecule has 126 valence electrons. The van der Waals surface area contributed by atoms with E-state index in [1.165, 1.54) is 0 Å². The molecule has 4 nitrogen and oxygen atoms in total. The number of aliphatic carboxylic acids is 1. The van der Waals surface area contributed by atoms with Crippen molar-refractivity contribution in [2.24, 2.45) is 0 Å². The molecule has 0 unspecified atom stereocenters. The average molecular weight is 310 g/mol. The Hall–Kier alpha value is -1.39. The third-order valence-electron chi connectivity index (χ3n) is 3.26. The maximum absolute atomic E-state index is 10.4. The zero-order valence-electron chi connectivity index (χ0n) is 13.6. The fraction of sp³-hybridized carbons (Fsp3) is 0.611. The Bertz CT molecular complexity index is 345. The average Bonchev–Trinajstić information content (AvgIpc) is 2.50. The molecule has 0 aliphatic rings. The first-order valence-corrected chi connectivity index (χ1v) is 8.21. The van der Waals surface area contributed by atoms with E-state index in [4.69, 9.17) is 10.4 Å². The molecular formula is C18H30O4. The van der Waals surface area contributed by atoms with Crippen LogP contribution in [0.1, 0.15) is 64.7 Å². The molecule has 0 saturated carbocycles. The first-order chi connectivity index (χ1) is 10.7. The molecule has 0 aromatic heterocycles. The van der Waals surface area contributed by atoms with Gasteiger partial charge in [-0.15, -0.1) is 0 Å². The molecule has 1 atom stereocenters. The van der Waals surface area contributed by atoms with Gasteiger partial charge in [0.05, 0.1) is 0 Å². The Morgan fingerprint density at radius 2 is 1.77 bits per heavy atom. The third-order valence-corrected chi connectivity index (χ3v) is 3.26. The number of allylic oxidation sites excluding steroid dienone is 5. The van der Waals surface area contributed by atoms with Gasteiger partial charge in [0.15, 0.2) is 0 Å². The lowest BCUT2D eigenvalue weighted by atomic mass is 10.1. The second-order valence-electron chi connectivity index (χ2n) is 5.27.